The van der Waals surface area contributed by atoms with Gasteiger partial charge in [-0.05, 0) is 0 Å². The van der Waals surface area contributed by atoms with Crippen molar-refractivity contribution in [2.24, 2.45) is 0 Å². The molecule has 60 atom stereocenters. The van der Waals surface area contributed by atoms with E-state index in [1.807, 2.05) is 0 Å². The summed E-state index contributed by atoms with van der Waals surface area (Å²) in [6.45, 7) is -12.5. The zero-order valence-corrected chi connectivity index (χ0v) is 73.4. The molecule has 0 aromatic rings. The summed E-state index contributed by atoms with van der Waals surface area (Å²) in [7, 11) is 0. The normalized spacial score (nSPS) is 51.9. The summed E-state index contributed by atoms with van der Waals surface area (Å²) in [6.07, 6.45) is -131. The highest BCUT2D eigenvalue weighted by Crippen LogP contribution is 2.43. The largest absolute Gasteiger partial charge is 0.394 e. The Hall–Kier alpha value is -3.42. The molecule has 12 aliphatic rings. The van der Waals surface area contributed by atoms with Gasteiger partial charge in [0.15, 0.2) is 75.5 Å². The third-order valence-electron chi connectivity index (χ3n) is 25.9. The molecule has 808 valence electrons. The molecule has 0 aliphatic carbocycles. The van der Waals surface area contributed by atoms with Gasteiger partial charge in [-0.25, -0.2) is 0 Å². The number of hydrogen-bond acceptors (Lipinski definition) is 61. The molecule has 12 heterocycles. The molecule has 0 bridgehead atoms. The first-order chi connectivity index (χ1) is 65.9. The van der Waals surface area contributed by atoms with Gasteiger partial charge in [0.25, 0.3) is 0 Å². The van der Waals surface area contributed by atoms with Crippen LogP contribution in [0.4, 0.5) is 0 Å². The van der Waals surface area contributed by atoms with Crippen LogP contribution < -0.4 is 10.6 Å². The van der Waals surface area contributed by atoms with Crippen LogP contribution in [0.25, 0.3) is 0 Å². The van der Waals surface area contributed by atoms with Gasteiger partial charge in [-0.2, -0.15) is 0 Å². The molecule has 0 radical (unpaired) electrons. The van der Waals surface area contributed by atoms with Crippen molar-refractivity contribution in [1.29, 1.82) is 0 Å². The summed E-state index contributed by atoms with van der Waals surface area (Å²) in [6, 6.07) is -3.76. The van der Waals surface area contributed by atoms with Crippen LogP contribution in [0.5, 0.6) is 0 Å². The number of nitrogens with one attached hydrogen (secondary N) is 2. The first-order valence-electron chi connectivity index (χ1n) is 44.2. The molecule has 63 heteroatoms. The lowest BCUT2D eigenvalue weighted by Gasteiger charge is -2.51. The van der Waals surface area contributed by atoms with E-state index in [0.29, 0.717) is 0 Å². The summed E-state index contributed by atoms with van der Waals surface area (Å²) in [5, 5.41) is 408. The molecule has 0 saturated carbocycles. The minimum Gasteiger partial charge on any atom is -0.394 e. The Labute approximate surface area is 784 Å². The van der Waals surface area contributed by atoms with Crippen molar-refractivity contribution in [3.05, 3.63) is 0 Å². The summed E-state index contributed by atoms with van der Waals surface area (Å²) in [5.74, 6) is -1.86. The highest BCUT2D eigenvalue weighted by Gasteiger charge is 2.64. The summed E-state index contributed by atoms with van der Waals surface area (Å²) < 4.78 is 136. The molecule has 0 aromatic heterocycles. The van der Waals surface area contributed by atoms with Crippen LogP contribution in [0.15, 0.2) is 0 Å². The Kier molecular flexibility index (Phi) is 41.0. The van der Waals surface area contributed by atoms with Gasteiger partial charge < -0.3 is 303 Å². The maximum atomic E-state index is 13.2. The molecule has 12 aliphatic heterocycles. The van der Waals surface area contributed by atoms with Gasteiger partial charge in [0, 0.05) is 13.8 Å². The van der Waals surface area contributed by atoms with Gasteiger partial charge in [0.05, 0.1) is 79.3 Å². The highest BCUT2D eigenvalue weighted by atomic mass is 16.8. The molecule has 2 amide bonds. The van der Waals surface area contributed by atoms with E-state index in [2.05, 4.69) is 10.6 Å². The van der Waals surface area contributed by atoms with E-state index in [1.165, 1.54) is 0 Å². The molecule has 63 nitrogen and oxygen atoms in total. The van der Waals surface area contributed by atoms with Gasteiger partial charge in [0.1, 0.15) is 293 Å². The lowest BCUT2D eigenvalue weighted by Crippen LogP contribution is -2.70. The number of aliphatic hydroxyl groups is 36. The van der Waals surface area contributed by atoms with Crippen LogP contribution in [0.2, 0.25) is 0 Å². The quantitative estimate of drug-likeness (QED) is 0.0277. The maximum absolute atomic E-state index is 13.2. The van der Waals surface area contributed by atoms with Crippen LogP contribution in [0.3, 0.4) is 0 Å². The summed E-state index contributed by atoms with van der Waals surface area (Å²) >= 11 is 0. The third kappa shape index (κ3) is 24.5. The molecule has 12 rings (SSSR count). The monoisotopic (exact) mass is 2040 g/mol. The topological polar surface area (TPSA) is 999 Å². The Morgan fingerprint density at radius 2 is 0.396 bits per heavy atom. The number of ether oxygens (including phenoxy) is 23. The molecule has 0 aromatic carbocycles. The van der Waals surface area contributed by atoms with E-state index in [-0.39, 0.29) is 0 Å². The standard InChI is InChI=1S/C76H128N2O61/c1-15(89)77-29-41(101)56(25(11-87)119-65(29)116)131-66-30(78-16(2)90)42(102)57(26(12-88)128-66)132-71-55(115)59(134-74-64(50(110)38(98)22(8-84)125-74)139-76-63(49(109)37(97)24(10-86)127-76)137-70-53(113)45(105)33(93)19(5-81)122-70)40(100)28(130-71)13-117-67-54(114)58(133-73-61(47(107)35(95)21(7-83)124-73)135-68-51(111)43(103)31(91)17(3-79)120-68)39(99)27(129-67)14-118-72-60(46(106)34(94)20(6-82)123-72)138-75-62(48(108)36(96)23(9-85)126-75)136-69-52(112)44(104)32(92)18(4-80)121-69/h17-76,79-88,91-116H,3-14H2,1-2H3,(H,77,89)(H,78,90)/t17-,18-,19-,20-,21-,22-,23-,24-,25-,26-,27-,28-,29-,30-,31-,32-,33-,34-,35-,36-,37-,38-,39-,40-,41-,42-,43+,44+,45+,46+,47+,48+,49+,50+,51+,52+,53-,54+,55+,56-,57-,58+,59+,60+,61+,62+,63+,64+,65?,66+,67+,68-,69-,70-,71+,72+,73-,74-,75-,76-/m1/s1. The van der Waals surface area contributed by atoms with E-state index < -0.39 is 459 Å². The second-order valence-corrected chi connectivity index (χ2v) is 35.2. The SMILES string of the molecule is CC(=O)N[C@H]1[C@H](O[C@H]2[C@H](O)[C@@H](NC(C)=O)C(O)O[C@@H]2CO)O[C@H](CO)[C@@H](O[C@@H]2O[C@H](CO[C@H]3O[C@H](CO[C@H]4O[C@H](CO)[C@@H](O)[C@H](O)[C@@H]4O[C@H]4O[C@H](CO)[C@@H](O)[C@H](O)[C@@H]4O[C@H]4O[C@H](CO)[C@@H](O)[C@H](O)[C@@H]4O)[C@@H](O)[C@H](O[C@H]4O[C@H](CO)[C@@H](O)[C@H](O)[C@@H]4O[C@H]4O[C@H](CO)[C@@H](O)[C@H](O)[C@@H]4O)[C@@H]3O)[C@@H](O)[C@H](O[C@H]3O[C@H](CO)[C@@H](O)[C@H](O)[C@@H]3O[C@H]3O[C@H](CO)[C@@H](O)[C@H](O)[C@@H]3O[C@H]3O[C@H](CO)[C@@H](O)[C@H](O)[C@H]3O)[C@@H]2O)[C@@H]1O. The fourth-order valence-electron chi connectivity index (χ4n) is 17.9. The van der Waals surface area contributed by atoms with E-state index >= 15 is 0 Å². The lowest BCUT2D eigenvalue weighted by atomic mass is 9.94. The van der Waals surface area contributed by atoms with Crippen LogP contribution in [0.1, 0.15) is 13.8 Å². The number of carbonyl (C=O) groups excluding carboxylic acids is 2. The Morgan fingerprint density at radius 1 is 0.187 bits per heavy atom. The fraction of sp³-hybridized carbons (Fsp3) is 0.974. The summed E-state index contributed by atoms with van der Waals surface area (Å²) in [5.41, 5.74) is 0. The van der Waals surface area contributed by atoms with Crippen molar-refractivity contribution in [2.75, 3.05) is 79.3 Å². The van der Waals surface area contributed by atoms with E-state index in [9.17, 15) is 193 Å². The molecule has 1 unspecified atom stereocenters. The number of aliphatic hydroxyl groups excluding tert-OH is 36. The van der Waals surface area contributed by atoms with Crippen molar-refractivity contribution in [3.8, 4) is 0 Å². The molecular formula is C76H128N2O61. The van der Waals surface area contributed by atoms with Crippen molar-refractivity contribution in [1.82, 2.24) is 10.6 Å². The maximum Gasteiger partial charge on any atom is 0.217 e. The minimum absolute atomic E-state index is 0.838. The first kappa shape index (κ1) is 114. The van der Waals surface area contributed by atoms with Crippen LogP contribution in [0, 0.1) is 0 Å². The highest BCUT2D eigenvalue weighted by molar-refractivity contribution is 5.73. The minimum atomic E-state index is -2.73. The van der Waals surface area contributed by atoms with Crippen LogP contribution in [-0.4, -0.2) is 643 Å². The average molecular weight is 2050 g/mol. The van der Waals surface area contributed by atoms with Gasteiger partial charge >= 0.3 is 0 Å². The molecule has 139 heavy (non-hydrogen) atoms. The van der Waals surface area contributed by atoms with E-state index in [0.717, 1.165) is 13.8 Å². The fourth-order valence-corrected chi connectivity index (χ4v) is 17.9. The Balaban J connectivity index is 0.912. The zero-order chi connectivity index (χ0) is 102. The molecular weight excluding hydrogens is 1920 g/mol. The third-order valence-corrected chi connectivity index (χ3v) is 25.9. The average Bonchev–Trinajstić information content (AvgIpc) is 0.760. The van der Waals surface area contributed by atoms with Gasteiger partial charge in [0.2, 0.25) is 11.8 Å². The van der Waals surface area contributed by atoms with Crippen molar-refractivity contribution in [2.45, 2.75) is 382 Å². The second-order valence-electron chi connectivity index (χ2n) is 35.2. The first-order valence-corrected chi connectivity index (χ1v) is 44.2. The Morgan fingerprint density at radius 3 is 0.712 bits per heavy atom. The van der Waals surface area contributed by atoms with Crippen molar-refractivity contribution in [3.63, 3.8) is 0 Å². The van der Waals surface area contributed by atoms with Gasteiger partial charge in [-0.15, -0.1) is 0 Å². The van der Waals surface area contributed by atoms with Gasteiger partial charge in [-0.3, -0.25) is 9.59 Å². The number of amides is 2. The molecule has 12 saturated heterocycles. The smallest absolute Gasteiger partial charge is 0.217 e. The predicted molar refractivity (Wildman–Crippen MR) is 418 cm³/mol. The van der Waals surface area contributed by atoms with Gasteiger partial charge in [-0.1, -0.05) is 0 Å². The molecule has 12 fully saturated rings. The molecule has 38 N–H and O–H groups in total. The predicted octanol–water partition coefficient (Wildman–Crippen LogP) is -26.9. The van der Waals surface area contributed by atoms with Crippen molar-refractivity contribution < 1.29 is 302 Å². The van der Waals surface area contributed by atoms with E-state index in [4.69, 9.17) is 109 Å². The summed E-state index contributed by atoms with van der Waals surface area (Å²) in [4.78, 5) is 25.5. The van der Waals surface area contributed by atoms with Crippen molar-refractivity contribution >= 4 is 11.8 Å². The number of carbonyl (C=O) groups is 2. The number of hydrogen-bond donors (Lipinski definition) is 38. The Bertz CT molecular complexity index is 3730. The number of rotatable bonds is 36. The van der Waals surface area contributed by atoms with E-state index in [1.54, 1.807) is 0 Å². The molecule has 0 spiro atoms. The zero-order valence-electron chi connectivity index (χ0n) is 73.4. The van der Waals surface area contributed by atoms with Crippen LogP contribution in [-0.2, 0) is 119 Å². The van der Waals surface area contributed by atoms with Crippen LogP contribution >= 0.6 is 0 Å². The lowest BCUT2D eigenvalue weighted by molar-refractivity contribution is -0.409. The second kappa shape index (κ2) is 49.8.